The molecular weight excluding hydrogens is 355 g/mol. The maximum atomic E-state index is 13.0. The summed E-state index contributed by atoms with van der Waals surface area (Å²) in [7, 11) is 0. The predicted octanol–water partition coefficient (Wildman–Crippen LogP) is 4.27. The highest BCUT2D eigenvalue weighted by Crippen LogP contribution is 2.53. The van der Waals surface area contributed by atoms with Crippen molar-refractivity contribution in [2.24, 2.45) is 11.3 Å². The molecule has 3 aliphatic rings. The third-order valence-corrected chi connectivity index (χ3v) is 6.82. The van der Waals surface area contributed by atoms with Crippen molar-refractivity contribution in [2.75, 3.05) is 13.1 Å². The number of halogens is 3. The number of amides is 1. The summed E-state index contributed by atoms with van der Waals surface area (Å²) in [5.74, 6) is 0.376. The average Bonchev–Trinajstić information content (AvgIpc) is 2.94. The number of benzene rings is 1. The first-order chi connectivity index (χ1) is 12.5. The number of hydrogen-bond donors (Lipinski definition) is 1. The lowest BCUT2D eigenvalue weighted by molar-refractivity contribution is -0.161. The van der Waals surface area contributed by atoms with Crippen LogP contribution in [0, 0.1) is 18.3 Å². The summed E-state index contributed by atoms with van der Waals surface area (Å²) in [5.41, 5.74) is 0.140. The molecule has 1 spiro atoms. The van der Waals surface area contributed by atoms with E-state index >= 15 is 0 Å². The second-order valence-electron chi connectivity index (χ2n) is 9.31. The van der Waals surface area contributed by atoms with Gasteiger partial charge in [-0.3, -0.25) is 4.79 Å². The van der Waals surface area contributed by atoms with Crippen LogP contribution >= 0.6 is 0 Å². The van der Waals surface area contributed by atoms with Crippen LogP contribution in [0.25, 0.3) is 0 Å². The lowest BCUT2D eigenvalue weighted by Crippen LogP contribution is -2.61. The molecule has 4 rings (SSSR count). The van der Waals surface area contributed by atoms with Crippen LogP contribution < -0.4 is 0 Å². The topological polar surface area (TPSA) is 40.5 Å². The summed E-state index contributed by atoms with van der Waals surface area (Å²) in [6, 6.07) is 4.51. The summed E-state index contributed by atoms with van der Waals surface area (Å²) in [5, 5.41) is 9.82. The van der Waals surface area contributed by atoms with E-state index < -0.39 is 17.3 Å². The van der Waals surface area contributed by atoms with Gasteiger partial charge in [0, 0.05) is 24.4 Å². The van der Waals surface area contributed by atoms with Crippen LogP contribution in [0.3, 0.4) is 0 Å². The summed E-state index contributed by atoms with van der Waals surface area (Å²) in [4.78, 5) is 14.4. The van der Waals surface area contributed by atoms with E-state index in [0.717, 1.165) is 37.9 Å². The number of hydrogen-bond acceptors (Lipinski definition) is 2. The Balaban J connectivity index is 1.36. The number of carbonyl (C=O) groups excluding carboxylic acids is 1. The fourth-order valence-corrected chi connectivity index (χ4v) is 5.39. The van der Waals surface area contributed by atoms with Gasteiger partial charge in [-0.2, -0.15) is 13.2 Å². The van der Waals surface area contributed by atoms with Gasteiger partial charge in [-0.1, -0.05) is 12.1 Å². The molecule has 3 fully saturated rings. The Morgan fingerprint density at radius 2 is 1.89 bits per heavy atom. The maximum absolute atomic E-state index is 13.0. The van der Waals surface area contributed by atoms with Gasteiger partial charge < -0.3 is 10.0 Å². The lowest BCUT2D eigenvalue weighted by atomic mass is 9.69. The number of alkyl halides is 3. The van der Waals surface area contributed by atoms with Gasteiger partial charge in [0.25, 0.3) is 0 Å². The van der Waals surface area contributed by atoms with Gasteiger partial charge >= 0.3 is 6.18 Å². The van der Waals surface area contributed by atoms with Crippen molar-refractivity contribution in [1.29, 1.82) is 0 Å². The molecule has 2 aliphatic carbocycles. The molecule has 0 aromatic heterocycles. The molecule has 1 N–H and O–H groups in total. The van der Waals surface area contributed by atoms with Crippen molar-refractivity contribution < 1.29 is 23.1 Å². The second kappa shape index (κ2) is 5.97. The van der Waals surface area contributed by atoms with Gasteiger partial charge in [0.2, 0.25) is 5.91 Å². The van der Waals surface area contributed by atoms with E-state index in [-0.39, 0.29) is 28.7 Å². The van der Waals surface area contributed by atoms with Crippen LogP contribution in [-0.4, -0.2) is 34.6 Å². The lowest BCUT2D eigenvalue weighted by Gasteiger charge is -2.52. The zero-order chi connectivity index (χ0) is 19.6. The Morgan fingerprint density at radius 3 is 2.44 bits per heavy atom. The van der Waals surface area contributed by atoms with Crippen molar-refractivity contribution in [3.63, 3.8) is 0 Å². The standard InChI is InChI=1S/C21H26F3NO2/c1-13-7-14(3-4-17(13)21(22,23)24)15-5-6-20(10-15)11-25(12-20)18(26)16-8-19(2,27)9-16/h3-4,7,15-16,27H,5-6,8-12H2,1-2H3. The average molecular weight is 381 g/mol. The molecule has 148 valence electrons. The number of aryl methyl sites for hydroxylation is 1. The number of nitrogens with zero attached hydrogens (tertiary/aromatic N) is 1. The van der Waals surface area contributed by atoms with Crippen LogP contribution in [0.2, 0.25) is 0 Å². The molecule has 1 aliphatic heterocycles. The van der Waals surface area contributed by atoms with Crippen LogP contribution in [0.1, 0.15) is 61.6 Å². The molecule has 2 saturated carbocycles. The van der Waals surface area contributed by atoms with Crippen molar-refractivity contribution in [1.82, 2.24) is 4.90 Å². The number of carbonyl (C=O) groups is 1. The van der Waals surface area contributed by atoms with Crippen molar-refractivity contribution in [3.8, 4) is 0 Å². The minimum Gasteiger partial charge on any atom is -0.390 e. The molecule has 1 aromatic rings. The summed E-state index contributed by atoms with van der Waals surface area (Å²) in [6.07, 6.45) is -0.301. The molecule has 6 heteroatoms. The molecule has 1 aromatic carbocycles. The van der Waals surface area contributed by atoms with Crippen LogP contribution in [0.5, 0.6) is 0 Å². The largest absolute Gasteiger partial charge is 0.416 e. The van der Waals surface area contributed by atoms with Crippen molar-refractivity contribution >= 4 is 5.91 Å². The van der Waals surface area contributed by atoms with Crippen molar-refractivity contribution in [3.05, 3.63) is 34.9 Å². The smallest absolute Gasteiger partial charge is 0.390 e. The highest BCUT2D eigenvalue weighted by atomic mass is 19.4. The molecule has 27 heavy (non-hydrogen) atoms. The Labute approximate surface area is 157 Å². The zero-order valence-corrected chi connectivity index (χ0v) is 15.8. The van der Waals surface area contributed by atoms with Gasteiger partial charge in [-0.25, -0.2) is 0 Å². The Kier molecular flexibility index (Phi) is 4.15. The molecule has 0 bridgehead atoms. The highest BCUT2D eigenvalue weighted by Gasteiger charge is 2.53. The molecule has 3 nitrogen and oxygen atoms in total. The number of aliphatic hydroxyl groups is 1. The van der Waals surface area contributed by atoms with Crippen LogP contribution in [0.4, 0.5) is 13.2 Å². The SMILES string of the molecule is Cc1cc(C2CCC3(C2)CN(C(=O)C2CC(C)(O)C2)C3)ccc1C(F)(F)F. The maximum Gasteiger partial charge on any atom is 0.416 e. The minimum atomic E-state index is -4.31. The van der Waals surface area contributed by atoms with Gasteiger partial charge in [0.15, 0.2) is 0 Å². The first-order valence-corrected chi connectivity index (χ1v) is 9.67. The third kappa shape index (κ3) is 3.37. The molecule has 1 unspecified atom stereocenters. The molecule has 1 amide bonds. The Bertz CT molecular complexity index is 757. The predicted molar refractivity (Wildman–Crippen MR) is 95.1 cm³/mol. The second-order valence-corrected chi connectivity index (χ2v) is 9.31. The minimum absolute atomic E-state index is 0.0490. The first-order valence-electron chi connectivity index (χ1n) is 9.67. The van der Waals surface area contributed by atoms with E-state index in [0.29, 0.717) is 12.8 Å². The molecule has 0 radical (unpaired) electrons. The van der Waals surface area contributed by atoms with E-state index in [1.807, 2.05) is 4.90 Å². The van der Waals surface area contributed by atoms with E-state index in [4.69, 9.17) is 0 Å². The van der Waals surface area contributed by atoms with Gasteiger partial charge in [-0.15, -0.1) is 0 Å². The Morgan fingerprint density at radius 1 is 1.22 bits per heavy atom. The molecular formula is C21H26F3NO2. The fraction of sp³-hybridized carbons (Fsp3) is 0.667. The fourth-order valence-electron chi connectivity index (χ4n) is 5.39. The third-order valence-electron chi connectivity index (χ3n) is 6.82. The van der Waals surface area contributed by atoms with Crippen molar-refractivity contribution in [2.45, 2.75) is 63.6 Å². The number of likely N-dealkylation sites (tertiary alicyclic amines) is 1. The molecule has 1 atom stereocenters. The summed E-state index contributed by atoms with van der Waals surface area (Å²) >= 11 is 0. The van der Waals surface area contributed by atoms with Gasteiger partial charge in [0.1, 0.15) is 0 Å². The monoisotopic (exact) mass is 381 g/mol. The van der Waals surface area contributed by atoms with E-state index in [1.165, 1.54) is 13.0 Å². The first kappa shape index (κ1) is 18.8. The van der Waals surface area contributed by atoms with Gasteiger partial charge in [0.05, 0.1) is 11.2 Å². The van der Waals surface area contributed by atoms with Crippen LogP contribution in [0.15, 0.2) is 18.2 Å². The van der Waals surface area contributed by atoms with E-state index in [1.54, 1.807) is 19.1 Å². The Hall–Kier alpha value is -1.56. The number of rotatable bonds is 2. The highest BCUT2D eigenvalue weighted by molar-refractivity contribution is 5.81. The normalized spacial score (nSPS) is 32.3. The van der Waals surface area contributed by atoms with Gasteiger partial charge in [-0.05, 0) is 69.1 Å². The summed E-state index contributed by atoms with van der Waals surface area (Å²) < 4.78 is 38.9. The zero-order valence-electron chi connectivity index (χ0n) is 15.8. The van der Waals surface area contributed by atoms with Crippen LogP contribution in [-0.2, 0) is 11.0 Å². The quantitative estimate of drug-likeness (QED) is 0.831. The summed E-state index contributed by atoms with van der Waals surface area (Å²) in [6.45, 7) is 4.79. The van der Waals surface area contributed by atoms with E-state index in [2.05, 4.69) is 0 Å². The van der Waals surface area contributed by atoms with E-state index in [9.17, 15) is 23.1 Å². The molecule has 1 heterocycles. The molecule has 1 saturated heterocycles.